The van der Waals surface area contributed by atoms with Gasteiger partial charge in [0.25, 0.3) is 0 Å². The lowest BCUT2D eigenvalue weighted by molar-refractivity contribution is -0.148. The molecule has 1 aliphatic heterocycles. The third kappa shape index (κ3) is 5.27. The Balaban J connectivity index is 1.63. The summed E-state index contributed by atoms with van der Waals surface area (Å²) in [4.78, 5) is 18.9. The molecule has 0 N–H and O–H groups in total. The van der Waals surface area contributed by atoms with E-state index in [9.17, 15) is 4.79 Å². The number of pyridine rings is 1. The first kappa shape index (κ1) is 18.3. The molecular weight excluding hydrogens is 324 g/mol. The quantitative estimate of drug-likeness (QED) is 0.617. The molecule has 1 aliphatic rings. The summed E-state index contributed by atoms with van der Waals surface area (Å²) in [6, 6.07) is 14.6. The molecule has 1 aromatic heterocycles. The highest BCUT2D eigenvalue weighted by atomic mass is 16.6. The third-order valence-corrected chi connectivity index (χ3v) is 4.19. The second-order valence-electron chi connectivity index (χ2n) is 7.65. The second-order valence-corrected chi connectivity index (χ2v) is 7.65. The summed E-state index contributed by atoms with van der Waals surface area (Å²) in [6.07, 6.45) is 4.10. The van der Waals surface area contributed by atoms with Gasteiger partial charge >= 0.3 is 5.97 Å². The van der Waals surface area contributed by atoms with Crippen molar-refractivity contribution in [1.82, 2.24) is 9.88 Å². The summed E-state index contributed by atoms with van der Waals surface area (Å²) in [7, 11) is 0. The molecule has 1 aromatic carbocycles. The van der Waals surface area contributed by atoms with E-state index in [1.54, 1.807) is 6.08 Å². The molecule has 0 bridgehead atoms. The van der Waals surface area contributed by atoms with E-state index in [0.717, 1.165) is 37.4 Å². The maximum Gasteiger partial charge on any atom is 0.331 e. The van der Waals surface area contributed by atoms with E-state index in [4.69, 9.17) is 9.72 Å². The lowest BCUT2D eigenvalue weighted by Gasteiger charge is -2.28. The number of aromatic nitrogens is 1. The number of fused-ring (bicyclic) bond motifs is 1. The Morgan fingerprint density at radius 1 is 1.19 bits per heavy atom. The van der Waals surface area contributed by atoms with Crippen LogP contribution in [0.2, 0.25) is 0 Å². The number of esters is 1. The van der Waals surface area contributed by atoms with Crippen molar-refractivity contribution >= 4 is 12.0 Å². The Morgan fingerprint density at radius 2 is 1.96 bits per heavy atom. The number of hydrogen-bond acceptors (Lipinski definition) is 4. The maximum atomic E-state index is 11.8. The van der Waals surface area contributed by atoms with E-state index >= 15 is 0 Å². The molecule has 26 heavy (non-hydrogen) atoms. The molecule has 136 valence electrons. The van der Waals surface area contributed by atoms with Gasteiger partial charge in [-0.2, -0.15) is 0 Å². The summed E-state index contributed by atoms with van der Waals surface area (Å²) in [6.45, 7) is 8.44. The molecule has 0 amide bonds. The van der Waals surface area contributed by atoms with Crippen molar-refractivity contribution in [2.45, 2.75) is 45.9 Å². The first-order valence-corrected chi connectivity index (χ1v) is 9.05. The number of rotatable bonds is 4. The van der Waals surface area contributed by atoms with Crippen molar-refractivity contribution in [3.05, 3.63) is 71.1 Å². The topological polar surface area (TPSA) is 42.4 Å². The number of hydrogen-bond donors (Lipinski definition) is 0. The van der Waals surface area contributed by atoms with E-state index in [0.29, 0.717) is 0 Å². The van der Waals surface area contributed by atoms with Crippen molar-refractivity contribution < 1.29 is 9.53 Å². The fourth-order valence-electron chi connectivity index (χ4n) is 3.05. The van der Waals surface area contributed by atoms with Gasteiger partial charge in [-0.25, -0.2) is 4.79 Å². The Bertz CT molecular complexity index is 792. The molecule has 0 atom stereocenters. The van der Waals surface area contributed by atoms with Crippen molar-refractivity contribution in [1.29, 1.82) is 0 Å². The van der Waals surface area contributed by atoms with Crippen molar-refractivity contribution in [2.24, 2.45) is 0 Å². The van der Waals surface area contributed by atoms with Gasteiger partial charge in [0.05, 0.1) is 5.69 Å². The van der Waals surface area contributed by atoms with Crippen LogP contribution in [0.5, 0.6) is 0 Å². The average Bonchev–Trinajstić information content (AvgIpc) is 2.59. The molecule has 0 spiro atoms. The van der Waals surface area contributed by atoms with Crippen molar-refractivity contribution in [2.75, 3.05) is 6.54 Å². The van der Waals surface area contributed by atoms with Crippen LogP contribution in [0.3, 0.4) is 0 Å². The maximum absolute atomic E-state index is 11.8. The smallest absolute Gasteiger partial charge is 0.331 e. The van der Waals surface area contributed by atoms with Gasteiger partial charge in [-0.3, -0.25) is 9.88 Å². The number of carbonyl (C=O) groups is 1. The fourth-order valence-corrected chi connectivity index (χ4v) is 3.05. The van der Waals surface area contributed by atoms with Crippen LogP contribution in [-0.4, -0.2) is 28.0 Å². The zero-order valence-corrected chi connectivity index (χ0v) is 15.7. The summed E-state index contributed by atoms with van der Waals surface area (Å²) < 4.78 is 5.28. The predicted octanol–water partition coefficient (Wildman–Crippen LogP) is 3.99. The lowest BCUT2D eigenvalue weighted by Crippen LogP contribution is -2.30. The molecule has 0 unspecified atom stereocenters. The molecule has 4 heteroatoms. The minimum Gasteiger partial charge on any atom is -0.457 e. The summed E-state index contributed by atoms with van der Waals surface area (Å²) in [5.74, 6) is -0.342. The van der Waals surface area contributed by atoms with Crippen LogP contribution in [0.25, 0.3) is 6.08 Å². The lowest BCUT2D eigenvalue weighted by atomic mass is 10.0. The highest BCUT2D eigenvalue weighted by molar-refractivity contribution is 5.87. The fraction of sp³-hybridized carbons (Fsp3) is 0.364. The van der Waals surface area contributed by atoms with Crippen LogP contribution >= 0.6 is 0 Å². The van der Waals surface area contributed by atoms with E-state index < -0.39 is 5.60 Å². The van der Waals surface area contributed by atoms with Crippen LogP contribution in [0.15, 0.2) is 48.5 Å². The standard InChI is InChI=1S/C22H26N2O2/c1-22(2,3)26-21(25)12-11-19-10-9-18-16-24(14-13-20(18)23-19)15-17-7-5-4-6-8-17/h4-12H,13-16H2,1-3H3/b12-11+. The number of benzene rings is 1. The minimum absolute atomic E-state index is 0.342. The minimum atomic E-state index is -0.479. The molecule has 0 aliphatic carbocycles. The van der Waals surface area contributed by atoms with Crippen LogP contribution in [0, 0.1) is 0 Å². The number of nitrogens with zero attached hydrogens (tertiary/aromatic N) is 2. The second kappa shape index (κ2) is 7.83. The van der Waals surface area contributed by atoms with Gasteiger partial charge in [0, 0.05) is 37.8 Å². The largest absolute Gasteiger partial charge is 0.457 e. The van der Waals surface area contributed by atoms with Gasteiger partial charge in [-0.1, -0.05) is 36.4 Å². The van der Waals surface area contributed by atoms with Crippen LogP contribution in [0.4, 0.5) is 0 Å². The number of carbonyl (C=O) groups excluding carboxylic acids is 1. The Kier molecular flexibility index (Phi) is 5.52. The summed E-state index contributed by atoms with van der Waals surface area (Å²) in [5, 5.41) is 0. The van der Waals surface area contributed by atoms with Crippen molar-refractivity contribution in [3.63, 3.8) is 0 Å². The Hall–Kier alpha value is -2.46. The summed E-state index contributed by atoms with van der Waals surface area (Å²) in [5.41, 5.74) is 4.04. The summed E-state index contributed by atoms with van der Waals surface area (Å²) >= 11 is 0. The molecular formula is C22H26N2O2. The van der Waals surface area contributed by atoms with Gasteiger partial charge < -0.3 is 4.74 Å². The van der Waals surface area contributed by atoms with Crippen LogP contribution < -0.4 is 0 Å². The van der Waals surface area contributed by atoms with Gasteiger partial charge in [-0.05, 0) is 44.0 Å². The molecule has 0 saturated carbocycles. The van der Waals surface area contributed by atoms with E-state index in [-0.39, 0.29) is 5.97 Å². The average molecular weight is 350 g/mol. The first-order valence-electron chi connectivity index (χ1n) is 9.05. The molecule has 0 radical (unpaired) electrons. The van der Waals surface area contributed by atoms with Crippen molar-refractivity contribution in [3.8, 4) is 0 Å². The van der Waals surface area contributed by atoms with Crippen LogP contribution in [-0.2, 0) is 29.0 Å². The number of ether oxygens (including phenoxy) is 1. The molecule has 0 saturated heterocycles. The molecule has 3 rings (SSSR count). The zero-order chi connectivity index (χ0) is 18.6. The van der Waals surface area contributed by atoms with Gasteiger partial charge in [0.2, 0.25) is 0 Å². The van der Waals surface area contributed by atoms with Gasteiger partial charge in [-0.15, -0.1) is 0 Å². The molecule has 0 fully saturated rings. The first-order chi connectivity index (χ1) is 12.4. The highest BCUT2D eigenvalue weighted by Gasteiger charge is 2.18. The Morgan fingerprint density at radius 3 is 2.69 bits per heavy atom. The SMILES string of the molecule is CC(C)(C)OC(=O)/C=C/c1ccc2c(n1)CCN(Cc1ccccc1)C2. The normalized spacial score (nSPS) is 15.0. The molecule has 2 heterocycles. The van der Waals surface area contributed by atoms with Crippen LogP contribution in [0.1, 0.15) is 43.3 Å². The third-order valence-electron chi connectivity index (χ3n) is 4.19. The van der Waals surface area contributed by atoms with Gasteiger partial charge in [0.15, 0.2) is 0 Å². The molecule has 4 nitrogen and oxygen atoms in total. The zero-order valence-electron chi connectivity index (χ0n) is 15.7. The molecule has 2 aromatic rings. The van der Waals surface area contributed by atoms with E-state index in [1.807, 2.05) is 32.9 Å². The van der Waals surface area contributed by atoms with E-state index in [2.05, 4.69) is 35.2 Å². The monoisotopic (exact) mass is 350 g/mol. The predicted molar refractivity (Wildman–Crippen MR) is 103 cm³/mol. The van der Waals surface area contributed by atoms with Gasteiger partial charge in [0.1, 0.15) is 5.60 Å². The highest BCUT2D eigenvalue weighted by Crippen LogP contribution is 2.20. The Labute approximate surface area is 155 Å². The van der Waals surface area contributed by atoms with E-state index in [1.165, 1.54) is 17.2 Å².